The molecule has 5 nitrogen and oxygen atoms in total. The lowest BCUT2D eigenvalue weighted by molar-refractivity contribution is 0.0777. The fraction of sp³-hybridized carbons (Fsp3) is 0.700. The molecule has 0 atom stereocenters. The molecule has 1 aromatic rings. The number of ketones is 1. The number of hydrogen-bond donors (Lipinski definition) is 0. The fourth-order valence-electron chi connectivity index (χ4n) is 1.05. The SMILES string of the molecule is CC(=O)c1ncn(COCC[Si](C)(C)C)n1. The van der Waals surface area contributed by atoms with Gasteiger partial charge in [0.25, 0.3) is 0 Å². The standard InChI is InChI=1S/C10H19N3O2Si/c1-9(14)10-11-7-13(12-10)8-15-5-6-16(2,3)4/h7H,5-6,8H2,1-4H3. The van der Waals surface area contributed by atoms with Gasteiger partial charge in [-0.15, -0.1) is 5.10 Å². The molecule has 0 spiro atoms. The molecule has 0 aliphatic rings. The Morgan fingerprint density at radius 2 is 2.19 bits per heavy atom. The van der Waals surface area contributed by atoms with Crippen LogP contribution < -0.4 is 0 Å². The van der Waals surface area contributed by atoms with Crippen molar-refractivity contribution in [3.8, 4) is 0 Å². The first-order valence-corrected chi connectivity index (χ1v) is 9.07. The Morgan fingerprint density at radius 1 is 1.50 bits per heavy atom. The molecular formula is C10H19N3O2Si. The van der Waals surface area contributed by atoms with Crippen molar-refractivity contribution in [2.45, 2.75) is 39.3 Å². The second-order valence-corrected chi connectivity index (χ2v) is 10.6. The minimum atomic E-state index is -1.03. The van der Waals surface area contributed by atoms with Gasteiger partial charge in [-0.1, -0.05) is 19.6 Å². The molecule has 0 saturated carbocycles. The van der Waals surface area contributed by atoms with Crippen LogP contribution in [0.25, 0.3) is 0 Å². The predicted molar refractivity (Wildman–Crippen MR) is 64.1 cm³/mol. The van der Waals surface area contributed by atoms with Crippen molar-refractivity contribution in [3.05, 3.63) is 12.2 Å². The summed E-state index contributed by atoms with van der Waals surface area (Å²) in [6, 6.07) is 1.13. The summed E-state index contributed by atoms with van der Waals surface area (Å²) in [5.74, 6) is 0.120. The van der Waals surface area contributed by atoms with Crippen molar-refractivity contribution < 1.29 is 9.53 Å². The minimum absolute atomic E-state index is 0.124. The van der Waals surface area contributed by atoms with Crippen LogP contribution >= 0.6 is 0 Å². The summed E-state index contributed by atoms with van der Waals surface area (Å²) in [6.45, 7) is 9.47. The average Bonchev–Trinajstić information content (AvgIpc) is 2.59. The molecule has 0 unspecified atom stereocenters. The molecule has 90 valence electrons. The van der Waals surface area contributed by atoms with Gasteiger partial charge >= 0.3 is 0 Å². The minimum Gasteiger partial charge on any atom is -0.359 e. The number of nitrogens with zero attached hydrogens (tertiary/aromatic N) is 3. The van der Waals surface area contributed by atoms with E-state index >= 15 is 0 Å². The van der Waals surface area contributed by atoms with Gasteiger partial charge in [-0.25, -0.2) is 9.67 Å². The Hall–Kier alpha value is -1.01. The van der Waals surface area contributed by atoms with E-state index < -0.39 is 8.07 Å². The second kappa shape index (κ2) is 5.36. The highest BCUT2D eigenvalue weighted by Gasteiger charge is 2.12. The number of aromatic nitrogens is 3. The van der Waals surface area contributed by atoms with Crippen molar-refractivity contribution in [1.82, 2.24) is 14.8 Å². The lowest BCUT2D eigenvalue weighted by Crippen LogP contribution is -2.22. The summed E-state index contributed by atoms with van der Waals surface area (Å²) in [5.41, 5.74) is 0. The summed E-state index contributed by atoms with van der Waals surface area (Å²) in [5, 5.41) is 3.99. The summed E-state index contributed by atoms with van der Waals surface area (Å²) in [6.07, 6.45) is 1.52. The maximum atomic E-state index is 10.9. The van der Waals surface area contributed by atoms with Gasteiger partial charge in [-0.05, 0) is 6.04 Å². The molecule has 1 heterocycles. The first-order chi connectivity index (χ1) is 7.38. The fourth-order valence-corrected chi connectivity index (χ4v) is 1.81. The smallest absolute Gasteiger partial charge is 0.217 e. The van der Waals surface area contributed by atoms with Crippen LogP contribution in [0.2, 0.25) is 25.7 Å². The number of carbonyl (C=O) groups is 1. The maximum absolute atomic E-state index is 10.9. The largest absolute Gasteiger partial charge is 0.359 e. The molecule has 6 heteroatoms. The Morgan fingerprint density at radius 3 is 2.69 bits per heavy atom. The van der Waals surface area contributed by atoms with Gasteiger partial charge in [0.1, 0.15) is 13.1 Å². The van der Waals surface area contributed by atoms with E-state index in [9.17, 15) is 4.79 Å². The van der Waals surface area contributed by atoms with Crippen LogP contribution in [0.4, 0.5) is 0 Å². The molecule has 0 bridgehead atoms. The summed E-state index contributed by atoms with van der Waals surface area (Å²) < 4.78 is 7.02. The van der Waals surface area contributed by atoms with Gasteiger partial charge in [-0.3, -0.25) is 4.79 Å². The van der Waals surface area contributed by atoms with Crippen LogP contribution in [0.1, 0.15) is 17.5 Å². The van der Waals surface area contributed by atoms with E-state index in [4.69, 9.17) is 4.74 Å². The number of Topliss-reactive ketones (excluding diaryl/α,β-unsaturated/α-hetero) is 1. The topological polar surface area (TPSA) is 57.0 Å². The van der Waals surface area contributed by atoms with Gasteiger partial charge in [0, 0.05) is 21.6 Å². The van der Waals surface area contributed by atoms with Crippen LogP contribution in [0.5, 0.6) is 0 Å². The molecule has 1 aromatic heterocycles. The molecule has 0 radical (unpaired) electrons. The van der Waals surface area contributed by atoms with Crippen LogP contribution in [0, 0.1) is 0 Å². The molecule has 0 aliphatic heterocycles. The van der Waals surface area contributed by atoms with E-state index in [1.807, 2.05) is 0 Å². The number of rotatable bonds is 6. The quantitative estimate of drug-likeness (QED) is 0.433. The number of carbonyl (C=O) groups excluding carboxylic acids is 1. The van der Waals surface area contributed by atoms with E-state index in [0.717, 1.165) is 12.7 Å². The third-order valence-corrected chi connectivity index (χ3v) is 3.78. The summed E-state index contributed by atoms with van der Waals surface area (Å²) >= 11 is 0. The van der Waals surface area contributed by atoms with Crippen molar-refractivity contribution in [1.29, 1.82) is 0 Å². The average molecular weight is 241 g/mol. The van der Waals surface area contributed by atoms with Gasteiger partial charge in [0.05, 0.1) is 0 Å². The Bertz CT molecular complexity index is 357. The second-order valence-electron chi connectivity index (χ2n) is 5.01. The first kappa shape index (κ1) is 13.1. The van der Waals surface area contributed by atoms with Crippen LogP contribution in [-0.4, -0.2) is 35.2 Å². The zero-order valence-corrected chi connectivity index (χ0v) is 11.4. The third-order valence-electron chi connectivity index (χ3n) is 2.07. The van der Waals surface area contributed by atoms with Crippen LogP contribution in [0.15, 0.2) is 6.33 Å². The highest BCUT2D eigenvalue weighted by atomic mass is 28.3. The summed E-state index contributed by atoms with van der Waals surface area (Å²) in [4.78, 5) is 14.8. The van der Waals surface area contributed by atoms with Crippen LogP contribution in [-0.2, 0) is 11.5 Å². The van der Waals surface area contributed by atoms with Crippen molar-refractivity contribution in [3.63, 3.8) is 0 Å². The lowest BCUT2D eigenvalue weighted by Gasteiger charge is -2.15. The Labute approximate surface area is 96.8 Å². The van der Waals surface area contributed by atoms with E-state index in [-0.39, 0.29) is 11.6 Å². The van der Waals surface area contributed by atoms with Crippen molar-refractivity contribution in [2.75, 3.05) is 6.61 Å². The predicted octanol–water partition coefficient (Wildman–Crippen LogP) is 1.79. The van der Waals surface area contributed by atoms with Crippen LogP contribution in [0.3, 0.4) is 0 Å². The van der Waals surface area contributed by atoms with Gasteiger partial charge in [0.15, 0.2) is 5.78 Å². The lowest BCUT2D eigenvalue weighted by atomic mass is 10.4. The zero-order chi connectivity index (χ0) is 12.2. The van der Waals surface area contributed by atoms with E-state index in [1.54, 1.807) is 4.68 Å². The first-order valence-electron chi connectivity index (χ1n) is 5.36. The van der Waals surface area contributed by atoms with Crippen molar-refractivity contribution >= 4 is 13.9 Å². The molecule has 0 fully saturated rings. The third kappa shape index (κ3) is 4.67. The molecule has 0 aliphatic carbocycles. The van der Waals surface area contributed by atoms with E-state index in [1.165, 1.54) is 13.3 Å². The molecule has 0 saturated heterocycles. The number of ether oxygens (including phenoxy) is 1. The number of hydrogen-bond acceptors (Lipinski definition) is 4. The molecule has 1 rings (SSSR count). The monoisotopic (exact) mass is 241 g/mol. The normalized spacial score (nSPS) is 11.8. The molecule has 0 amide bonds. The van der Waals surface area contributed by atoms with E-state index in [2.05, 4.69) is 29.7 Å². The highest BCUT2D eigenvalue weighted by Crippen LogP contribution is 2.07. The highest BCUT2D eigenvalue weighted by molar-refractivity contribution is 6.76. The molecule has 16 heavy (non-hydrogen) atoms. The van der Waals surface area contributed by atoms with Gasteiger partial charge in [-0.2, -0.15) is 0 Å². The zero-order valence-electron chi connectivity index (χ0n) is 10.4. The molecule has 0 aromatic carbocycles. The maximum Gasteiger partial charge on any atom is 0.217 e. The van der Waals surface area contributed by atoms with E-state index in [0.29, 0.717) is 6.73 Å². The summed E-state index contributed by atoms with van der Waals surface area (Å²) in [7, 11) is -1.03. The van der Waals surface area contributed by atoms with Gasteiger partial charge < -0.3 is 4.74 Å². The Balaban J connectivity index is 2.30. The molecular weight excluding hydrogens is 222 g/mol. The van der Waals surface area contributed by atoms with Crippen molar-refractivity contribution in [2.24, 2.45) is 0 Å². The molecule has 0 N–H and O–H groups in total. The van der Waals surface area contributed by atoms with Gasteiger partial charge in [0.2, 0.25) is 5.82 Å². The Kier molecular flexibility index (Phi) is 4.37.